The monoisotopic (exact) mass is 250 g/mol. The molecule has 0 spiro atoms. The van der Waals surface area contributed by atoms with E-state index in [-0.39, 0.29) is 28.0 Å². The zero-order valence-electron chi connectivity index (χ0n) is 7.78. The molecule has 0 atom stereocenters. The predicted octanol–water partition coefficient (Wildman–Crippen LogP) is 3.75. The highest BCUT2D eigenvalue weighted by Crippen LogP contribution is 2.31. The van der Waals surface area contributed by atoms with Crippen LogP contribution >= 0.6 is 11.8 Å². The molecule has 2 rings (SSSR count). The van der Waals surface area contributed by atoms with Crippen LogP contribution in [0.15, 0.2) is 29.4 Å². The van der Waals surface area contributed by atoms with Crippen LogP contribution in [0.5, 0.6) is 0 Å². The number of alkyl halides is 4. The standard InChI is InChI=1S/C9H6F4N2S/c10-7(11)15-6-4-2-1-3-5(6)14-9(15)16-8(12)13/h1-4,7-8H. The van der Waals surface area contributed by atoms with Gasteiger partial charge in [-0.05, 0) is 23.9 Å². The van der Waals surface area contributed by atoms with Crippen LogP contribution in [0, 0.1) is 0 Å². The molecule has 0 aliphatic rings. The highest BCUT2D eigenvalue weighted by Gasteiger charge is 2.20. The first-order valence-corrected chi connectivity index (χ1v) is 5.17. The molecule has 2 aromatic rings. The number of nitrogens with zero attached hydrogens (tertiary/aromatic N) is 2. The van der Waals surface area contributed by atoms with E-state index in [1.54, 1.807) is 12.1 Å². The largest absolute Gasteiger partial charge is 0.321 e. The summed E-state index contributed by atoms with van der Waals surface area (Å²) >= 11 is 0.0176. The molecule has 1 heterocycles. The van der Waals surface area contributed by atoms with Crippen molar-refractivity contribution in [2.45, 2.75) is 17.5 Å². The molecule has 0 amide bonds. The first-order valence-electron chi connectivity index (χ1n) is 4.29. The van der Waals surface area contributed by atoms with Gasteiger partial charge in [-0.2, -0.15) is 17.6 Å². The van der Waals surface area contributed by atoms with Gasteiger partial charge in [0.05, 0.1) is 11.0 Å². The smallest absolute Gasteiger partial charge is 0.261 e. The maximum Gasteiger partial charge on any atom is 0.321 e. The minimum atomic E-state index is -2.88. The molecule has 0 radical (unpaired) electrons. The van der Waals surface area contributed by atoms with Crippen LogP contribution in [0.2, 0.25) is 0 Å². The average molecular weight is 250 g/mol. The van der Waals surface area contributed by atoms with Crippen molar-refractivity contribution in [2.24, 2.45) is 0 Å². The van der Waals surface area contributed by atoms with E-state index < -0.39 is 12.3 Å². The van der Waals surface area contributed by atoms with E-state index in [9.17, 15) is 17.6 Å². The lowest BCUT2D eigenvalue weighted by Crippen LogP contribution is -2.01. The van der Waals surface area contributed by atoms with Crippen molar-refractivity contribution in [3.8, 4) is 0 Å². The molecule has 1 aromatic carbocycles. The van der Waals surface area contributed by atoms with Crippen LogP contribution in [-0.4, -0.2) is 15.3 Å². The van der Waals surface area contributed by atoms with E-state index in [4.69, 9.17) is 0 Å². The Hall–Kier alpha value is -1.24. The highest BCUT2D eigenvalue weighted by molar-refractivity contribution is 7.99. The Morgan fingerprint density at radius 2 is 1.81 bits per heavy atom. The number of fused-ring (bicyclic) bond motifs is 1. The quantitative estimate of drug-likeness (QED) is 0.610. The zero-order valence-corrected chi connectivity index (χ0v) is 8.60. The van der Waals surface area contributed by atoms with Crippen molar-refractivity contribution in [1.29, 1.82) is 0 Å². The molecule has 1 aromatic heterocycles. The number of benzene rings is 1. The number of aromatic nitrogens is 2. The van der Waals surface area contributed by atoms with Crippen molar-refractivity contribution < 1.29 is 17.6 Å². The van der Waals surface area contributed by atoms with Crippen LogP contribution in [0.25, 0.3) is 11.0 Å². The summed E-state index contributed by atoms with van der Waals surface area (Å²) in [5.41, 5.74) is 0.437. The van der Waals surface area contributed by atoms with E-state index in [1.807, 2.05) is 0 Å². The van der Waals surface area contributed by atoms with Crippen LogP contribution in [-0.2, 0) is 0 Å². The van der Waals surface area contributed by atoms with E-state index in [1.165, 1.54) is 12.1 Å². The molecule has 16 heavy (non-hydrogen) atoms. The van der Waals surface area contributed by atoms with Crippen molar-refractivity contribution in [1.82, 2.24) is 9.55 Å². The number of hydrogen-bond acceptors (Lipinski definition) is 2. The minimum absolute atomic E-state index is 0.0176. The van der Waals surface area contributed by atoms with Gasteiger partial charge in [0, 0.05) is 0 Å². The van der Waals surface area contributed by atoms with Gasteiger partial charge in [0.1, 0.15) is 0 Å². The summed E-state index contributed by atoms with van der Waals surface area (Å²) in [4.78, 5) is 3.74. The molecular weight excluding hydrogens is 244 g/mol. The zero-order chi connectivity index (χ0) is 11.7. The Morgan fingerprint density at radius 3 is 2.44 bits per heavy atom. The van der Waals surface area contributed by atoms with Gasteiger partial charge in [-0.3, -0.25) is 4.57 Å². The molecule has 86 valence electrons. The van der Waals surface area contributed by atoms with Crippen molar-refractivity contribution in [3.63, 3.8) is 0 Å². The topological polar surface area (TPSA) is 17.8 Å². The molecule has 0 aliphatic heterocycles. The first kappa shape index (κ1) is 11.3. The van der Waals surface area contributed by atoms with Crippen LogP contribution < -0.4 is 0 Å². The van der Waals surface area contributed by atoms with Crippen LogP contribution in [0.1, 0.15) is 6.55 Å². The Bertz CT molecular complexity index is 497. The second kappa shape index (κ2) is 4.32. The first-order chi connectivity index (χ1) is 7.59. The summed E-state index contributed by atoms with van der Waals surface area (Å²) in [6, 6.07) is 6.09. The molecule has 0 aliphatic carbocycles. The van der Waals surface area contributed by atoms with Gasteiger partial charge in [0.2, 0.25) is 0 Å². The van der Waals surface area contributed by atoms with Gasteiger partial charge in [0.15, 0.2) is 5.16 Å². The fourth-order valence-electron chi connectivity index (χ4n) is 1.37. The Balaban J connectivity index is 2.58. The van der Waals surface area contributed by atoms with E-state index in [2.05, 4.69) is 4.98 Å². The molecular formula is C9H6F4N2S. The molecule has 0 N–H and O–H groups in total. The van der Waals surface area contributed by atoms with Gasteiger partial charge in [-0.1, -0.05) is 12.1 Å². The van der Waals surface area contributed by atoms with Crippen molar-refractivity contribution in [3.05, 3.63) is 24.3 Å². The number of thioether (sulfide) groups is 1. The summed E-state index contributed by atoms with van der Waals surface area (Å²) in [5, 5.41) is -0.369. The SMILES string of the molecule is FC(F)Sc1nc2ccccc2n1C(F)F. The van der Waals surface area contributed by atoms with Gasteiger partial charge in [0.25, 0.3) is 5.76 Å². The Morgan fingerprint density at radius 1 is 1.12 bits per heavy atom. The third kappa shape index (κ3) is 1.99. The van der Waals surface area contributed by atoms with E-state index >= 15 is 0 Å². The maximum absolute atomic E-state index is 12.7. The second-order valence-corrected chi connectivity index (χ2v) is 3.87. The Labute approximate surface area is 92.3 Å². The van der Waals surface area contributed by atoms with Crippen LogP contribution in [0.4, 0.5) is 17.6 Å². The summed E-state index contributed by atoms with van der Waals surface area (Å²) in [5.74, 6) is -2.77. The van der Waals surface area contributed by atoms with Gasteiger partial charge in [-0.15, -0.1) is 0 Å². The summed E-state index contributed by atoms with van der Waals surface area (Å²) < 4.78 is 50.2. The predicted molar refractivity (Wildman–Crippen MR) is 52.8 cm³/mol. The average Bonchev–Trinajstić information content (AvgIpc) is 2.53. The lowest BCUT2D eigenvalue weighted by Gasteiger charge is -2.06. The summed E-state index contributed by atoms with van der Waals surface area (Å²) in [6.45, 7) is -2.88. The number of imidazole rings is 1. The lowest BCUT2D eigenvalue weighted by atomic mass is 10.3. The van der Waals surface area contributed by atoms with Crippen molar-refractivity contribution in [2.75, 3.05) is 0 Å². The van der Waals surface area contributed by atoms with E-state index in [0.29, 0.717) is 4.57 Å². The van der Waals surface area contributed by atoms with Gasteiger partial charge < -0.3 is 0 Å². The fourth-order valence-corrected chi connectivity index (χ4v) is 1.98. The third-order valence-electron chi connectivity index (χ3n) is 1.95. The molecule has 0 bridgehead atoms. The molecule has 7 heteroatoms. The fraction of sp³-hybridized carbons (Fsp3) is 0.222. The minimum Gasteiger partial charge on any atom is -0.261 e. The molecule has 2 nitrogen and oxygen atoms in total. The number of rotatable bonds is 3. The summed E-state index contributed by atoms with van der Waals surface area (Å²) in [7, 11) is 0. The molecule has 0 saturated carbocycles. The Kier molecular flexibility index (Phi) is 3.04. The van der Waals surface area contributed by atoms with Crippen molar-refractivity contribution >= 4 is 22.8 Å². The normalized spacial score (nSPS) is 11.9. The summed E-state index contributed by atoms with van der Waals surface area (Å²) in [6.07, 6.45) is 0. The van der Waals surface area contributed by atoms with Gasteiger partial charge in [-0.25, -0.2) is 4.98 Å². The third-order valence-corrected chi connectivity index (χ3v) is 2.63. The lowest BCUT2D eigenvalue weighted by molar-refractivity contribution is 0.0654. The maximum atomic E-state index is 12.7. The number of hydrogen-bond donors (Lipinski definition) is 0. The highest BCUT2D eigenvalue weighted by atomic mass is 32.2. The van der Waals surface area contributed by atoms with Crippen LogP contribution in [0.3, 0.4) is 0 Å². The molecule has 0 fully saturated rings. The number of para-hydroxylation sites is 2. The molecule has 0 saturated heterocycles. The molecule has 0 unspecified atom stereocenters. The van der Waals surface area contributed by atoms with E-state index in [0.717, 1.165) is 0 Å². The second-order valence-electron chi connectivity index (χ2n) is 2.91. The number of halogens is 4. The van der Waals surface area contributed by atoms with Gasteiger partial charge >= 0.3 is 6.55 Å².